The zero-order chi connectivity index (χ0) is 16.1. The van der Waals surface area contributed by atoms with Crippen molar-refractivity contribution in [2.75, 3.05) is 7.11 Å². The van der Waals surface area contributed by atoms with Crippen LogP contribution < -0.4 is 5.32 Å². The fourth-order valence-corrected chi connectivity index (χ4v) is 2.37. The van der Waals surface area contributed by atoms with E-state index in [1.54, 1.807) is 30.3 Å². The van der Waals surface area contributed by atoms with Crippen LogP contribution >= 0.6 is 15.9 Å². The van der Waals surface area contributed by atoms with Crippen LogP contribution in [0.1, 0.15) is 31.8 Å². The number of nitrogens with one attached hydrogen (secondary N) is 1. The number of hydrogen-bond donors (Lipinski definition) is 1. The highest BCUT2D eigenvalue weighted by Crippen LogP contribution is 2.19. The van der Waals surface area contributed by atoms with Crippen LogP contribution in [-0.4, -0.2) is 19.0 Å². The quantitative estimate of drug-likeness (QED) is 0.848. The molecule has 0 aromatic heterocycles. The minimum absolute atomic E-state index is 0.129. The normalized spacial score (nSPS) is 10.1. The number of halogens is 1. The maximum Gasteiger partial charge on any atom is 0.337 e. The summed E-state index contributed by atoms with van der Waals surface area (Å²) in [6.07, 6.45) is 0. The molecule has 0 heterocycles. The number of amides is 1. The van der Waals surface area contributed by atoms with Crippen molar-refractivity contribution in [2.45, 2.75) is 13.5 Å². The van der Waals surface area contributed by atoms with E-state index in [0.29, 0.717) is 17.7 Å². The van der Waals surface area contributed by atoms with Crippen LogP contribution in [0.15, 0.2) is 46.9 Å². The molecule has 0 saturated carbocycles. The van der Waals surface area contributed by atoms with Crippen molar-refractivity contribution >= 4 is 27.8 Å². The Morgan fingerprint density at radius 1 is 1.14 bits per heavy atom. The van der Waals surface area contributed by atoms with Crippen LogP contribution in [0, 0.1) is 6.92 Å². The van der Waals surface area contributed by atoms with Gasteiger partial charge in [-0.05, 0) is 42.3 Å². The third kappa shape index (κ3) is 3.74. The Morgan fingerprint density at radius 2 is 1.82 bits per heavy atom. The van der Waals surface area contributed by atoms with Crippen molar-refractivity contribution in [3.8, 4) is 0 Å². The van der Waals surface area contributed by atoms with Crippen molar-refractivity contribution in [1.29, 1.82) is 0 Å². The Balaban J connectivity index is 2.02. The molecule has 0 spiro atoms. The molecule has 0 aliphatic carbocycles. The number of benzene rings is 2. The van der Waals surface area contributed by atoms with Gasteiger partial charge < -0.3 is 10.1 Å². The monoisotopic (exact) mass is 361 g/mol. The van der Waals surface area contributed by atoms with Gasteiger partial charge in [0.1, 0.15) is 0 Å². The summed E-state index contributed by atoms with van der Waals surface area (Å²) in [5, 5.41) is 2.87. The van der Waals surface area contributed by atoms with Gasteiger partial charge in [0.2, 0.25) is 0 Å². The highest BCUT2D eigenvalue weighted by Gasteiger charge is 2.10. The zero-order valence-electron chi connectivity index (χ0n) is 12.4. The zero-order valence-corrected chi connectivity index (χ0v) is 13.9. The van der Waals surface area contributed by atoms with Gasteiger partial charge in [-0.25, -0.2) is 4.79 Å². The second-order valence-electron chi connectivity index (χ2n) is 4.78. The lowest BCUT2D eigenvalue weighted by Crippen LogP contribution is -2.23. The van der Waals surface area contributed by atoms with Gasteiger partial charge in [-0.1, -0.05) is 34.1 Å². The van der Waals surface area contributed by atoms with Crippen LogP contribution in [-0.2, 0) is 11.3 Å². The summed E-state index contributed by atoms with van der Waals surface area (Å²) >= 11 is 3.41. The number of esters is 1. The van der Waals surface area contributed by atoms with Crippen LogP contribution in [0.25, 0.3) is 0 Å². The molecule has 0 aliphatic heterocycles. The van der Waals surface area contributed by atoms with Crippen molar-refractivity contribution in [3.05, 3.63) is 69.2 Å². The first-order valence-electron chi connectivity index (χ1n) is 6.73. The van der Waals surface area contributed by atoms with Crippen LogP contribution in [0.5, 0.6) is 0 Å². The molecule has 0 aliphatic rings. The van der Waals surface area contributed by atoms with E-state index in [9.17, 15) is 9.59 Å². The van der Waals surface area contributed by atoms with Gasteiger partial charge in [0.25, 0.3) is 5.91 Å². The lowest BCUT2D eigenvalue weighted by atomic mass is 10.1. The van der Waals surface area contributed by atoms with Crippen molar-refractivity contribution in [1.82, 2.24) is 5.32 Å². The third-order valence-electron chi connectivity index (χ3n) is 3.34. The number of carbonyl (C=O) groups excluding carboxylic acids is 2. The highest BCUT2D eigenvalue weighted by molar-refractivity contribution is 9.10. The molecule has 1 amide bonds. The molecular weight excluding hydrogens is 346 g/mol. The molecule has 0 atom stereocenters. The predicted molar refractivity (Wildman–Crippen MR) is 87.8 cm³/mol. The van der Waals surface area contributed by atoms with E-state index < -0.39 is 0 Å². The van der Waals surface area contributed by atoms with E-state index in [1.165, 1.54) is 7.11 Å². The average Bonchev–Trinajstić information content (AvgIpc) is 2.55. The number of rotatable bonds is 4. The second-order valence-corrected chi connectivity index (χ2v) is 5.64. The second kappa shape index (κ2) is 7.22. The fourth-order valence-electron chi connectivity index (χ4n) is 2.01. The summed E-state index contributed by atoms with van der Waals surface area (Å²) in [5.74, 6) is -0.504. The summed E-state index contributed by atoms with van der Waals surface area (Å²) < 4.78 is 5.55. The van der Waals surface area contributed by atoms with Crippen LogP contribution in [0.2, 0.25) is 0 Å². The van der Waals surface area contributed by atoms with Gasteiger partial charge in [-0.2, -0.15) is 0 Å². The van der Waals surface area contributed by atoms with Crippen molar-refractivity contribution in [2.24, 2.45) is 0 Å². The molecule has 0 saturated heterocycles. The topological polar surface area (TPSA) is 55.4 Å². The number of hydrogen-bond acceptors (Lipinski definition) is 3. The molecule has 5 heteroatoms. The van der Waals surface area contributed by atoms with Gasteiger partial charge in [-0.15, -0.1) is 0 Å². The average molecular weight is 362 g/mol. The maximum absolute atomic E-state index is 12.2. The summed E-state index contributed by atoms with van der Waals surface area (Å²) in [5.41, 5.74) is 2.94. The first-order valence-corrected chi connectivity index (χ1v) is 7.53. The summed E-state index contributed by atoms with van der Waals surface area (Å²) in [4.78, 5) is 23.6. The molecular formula is C17H16BrNO3. The van der Waals surface area contributed by atoms with Crippen molar-refractivity contribution in [3.63, 3.8) is 0 Å². The van der Waals surface area contributed by atoms with Gasteiger partial charge >= 0.3 is 5.97 Å². The third-order valence-corrected chi connectivity index (χ3v) is 4.20. The van der Waals surface area contributed by atoms with E-state index in [4.69, 9.17) is 0 Å². The molecule has 0 fully saturated rings. The Hall–Kier alpha value is -2.14. The van der Waals surface area contributed by atoms with Gasteiger partial charge in [0, 0.05) is 16.6 Å². The largest absolute Gasteiger partial charge is 0.465 e. The number of methoxy groups -OCH3 is 1. The maximum atomic E-state index is 12.2. The summed E-state index contributed by atoms with van der Waals surface area (Å²) in [6, 6.07) is 12.5. The number of carbonyl (C=O) groups is 2. The molecule has 22 heavy (non-hydrogen) atoms. The minimum atomic E-state index is -0.375. The molecule has 114 valence electrons. The molecule has 4 nitrogen and oxygen atoms in total. The van der Waals surface area contributed by atoms with E-state index in [-0.39, 0.29) is 11.9 Å². The van der Waals surface area contributed by atoms with E-state index in [2.05, 4.69) is 26.0 Å². The molecule has 2 aromatic carbocycles. The molecule has 1 N–H and O–H groups in total. The lowest BCUT2D eigenvalue weighted by Gasteiger charge is -2.09. The Kier molecular flexibility index (Phi) is 5.33. The van der Waals surface area contributed by atoms with Crippen LogP contribution in [0.4, 0.5) is 0 Å². The number of ether oxygens (including phenoxy) is 1. The van der Waals surface area contributed by atoms with E-state index in [0.717, 1.165) is 15.6 Å². The minimum Gasteiger partial charge on any atom is -0.465 e. The van der Waals surface area contributed by atoms with Gasteiger partial charge in [0.15, 0.2) is 0 Å². The first-order chi connectivity index (χ1) is 10.5. The Morgan fingerprint density at radius 3 is 2.45 bits per heavy atom. The van der Waals surface area contributed by atoms with Gasteiger partial charge in [0.05, 0.1) is 12.7 Å². The lowest BCUT2D eigenvalue weighted by molar-refractivity contribution is 0.0600. The Labute approximate surface area is 137 Å². The predicted octanol–water partition coefficient (Wildman–Crippen LogP) is 3.47. The molecule has 0 unspecified atom stereocenters. The van der Waals surface area contributed by atoms with Crippen LogP contribution in [0.3, 0.4) is 0 Å². The van der Waals surface area contributed by atoms with E-state index >= 15 is 0 Å². The summed E-state index contributed by atoms with van der Waals surface area (Å²) in [7, 11) is 1.34. The Bertz CT molecular complexity index is 696. The first kappa shape index (κ1) is 16.2. The SMILES string of the molecule is COC(=O)c1ccc(CNC(=O)c2cccc(Br)c2C)cc1. The van der Waals surface area contributed by atoms with Crippen molar-refractivity contribution < 1.29 is 14.3 Å². The molecule has 2 aromatic rings. The fraction of sp³-hybridized carbons (Fsp3) is 0.176. The van der Waals surface area contributed by atoms with E-state index in [1.807, 2.05) is 19.1 Å². The standard InChI is InChI=1S/C17H16BrNO3/c1-11-14(4-3-5-15(11)18)16(20)19-10-12-6-8-13(9-7-12)17(21)22-2/h3-9H,10H2,1-2H3,(H,19,20). The molecule has 0 bridgehead atoms. The highest BCUT2D eigenvalue weighted by atomic mass is 79.9. The smallest absolute Gasteiger partial charge is 0.337 e. The molecule has 0 radical (unpaired) electrons. The van der Waals surface area contributed by atoms with Gasteiger partial charge in [-0.3, -0.25) is 4.79 Å². The summed E-state index contributed by atoms with van der Waals surface area (Å²) in [6.45, 7) is 2.29. The molecule has 2 rings (SSSR count).